The Hall–Kier alpha value is -4.26. The number of nitrogens with zero attached hydrogens (tertiary/aromatic N) is 1. The van der Waals surface area contributed by atoms with Crippen LogP contribution in [0.15, 0.2) is 82.4 Å². The van der Waals surface area contributed by atoms with E-state index in [4.69, 9.17) is 0 Å². The van der Waals surface area contributed by atoms with Crippen LogP contribution in [-0.2, 0) is 0 Å². The Morgan fingerprint density at radius 3 is 2.20 bits per heavy atom. The molecule has 4 aromatic rings. The molecule has 1 heterocycles. The first-order valence-electron chi connectivity index (χ1n) is 9.21. The number of nitrogens with one attached hydrogen (secondary N) is 2. The number of hydrogen-bond acceptors (Lipinski definition) is 4. The molecule has 0 aliphatic heterocycles. The van der Waals surface area contributed by atoms with Gasteiger partial charge in [0.25, 0.3) is 11.5 Å². The van der Waals surface area contributed by atoms with Gasteiger partial charge in [-0.25, -0.2) is 9.36 Å². The Morgan fingerprint density at radius 1 is 0.867 bits per heavy atom. The normalized spacial score (nSPS) is 10.7. The fourth-order valence-electron chi connectivity index (χ4n) is 3.16. The number of aromatic amines is 1. The van der Waals surface area contributed by atoms with Gasteiger partial charge < -0.3 is 10.3 Å². The van der Waals surface area contributed by atoms with Crippen LogP contribution in [0.2, 0.25) is 0 Å². The lowest BCUT2D eigenvalue weighted by atomic mass is 10.1. The Balaban J connectivity index is 1.68. The Labute approximate surface area is 170 Å². The molecule has 7 heteroatoms. The number of fused-ring (bicyclic) bond motifs is 1. The molecule has 30 heavy (non-hydrogen) atoms. The van der Waals surface area contributed by atoms with E-state index in [9.17, 15) is 19.2 Å². The van der Waals surface area contributed by atoms with Crippen LogP contribution in [0.1, 0.15) is 27.6 Å². The molecule has 4 rings (SSSR count). The van der Waals surface area contributed by atoms with Crippen molar-refractivity contribution < 1.29 is 9.59 Å². The Morgan fingerprint density at radius 2 is 1.53 bits per heavy atom. The number of hydrogen-bond donors (Lipinski definition) is 2. The van der Waals surface area contributed by atoms with Crippen molar-refractivity contribution in [1.82, 2.24) is 9.55 Å². The molecule has 0 radical (unpaired) electrons. The van der Waals surface area contributed by atoms with Crippen LogP contribution < -0.4 is 16.6 Å². The van der Waals surface area contributed by atoms with Crippen LogP contribution in [0.25, 0.3) is 16.6 Å². The zero-order valence-corrected chi connectivity index (χ0v) is 16.0. The van der Waals surface area contributed by atoms with Crippen LogP contribution in [0.4, 0.5) is 5.69 Å². The molecule has 1 aromatic heterocycles. The third-order valence-corrected chi connectivity index (χ3v) is 4.72. The number of carbonyl (C=O) groups is 2. The predicted molar refractivity (Wildman–Crippen MR) is 115 cm³/mol. The average Bonchev–Trinajstić information content (AvgIpc) is 2.74. The maximum atomic E-state index is 12.8. The number of benzene rings is 3. The summed E-state index contributed by atoms with van der Waals surface area (Å²) in [7, 11) is 0. The molecule has 0 fully saturated rings. The molecular weight excluding hydrogens is 382 g/mol. The molecule has 0 spiro atoms. The minimum Gasteiger partial charge on any atom is -0.322 e. The molecule has 148 valence electrons. The number of ketones is 1. The van der Waals surface area contributed by atoms with E-state index >= 15 is 0 Å². The largest absolute Gasteiger partial charge is 0.333 e. The molecule has 0 aliphatic rings. The highest BCUT2D eigenvalue weighted by Gasteiger charge is 2.13. The van der Waals surface area contributed by atoms with Crippen molar-refractivity contribution in [2.24, 2.45) is 0 Å². The Bertz CT molecular complexity index is 1380. The van der Waals surface area contributed by atoms with E-state index in [2.05, 4.69) is 10.3 Å². The molecule has 1 amide bonds. The smallest absolute Gasteiger partial charge is 0.322 e. The van der Waals surface area contributed by atoms with E-state index in [-0.39, 0.29) is 16.9 Å². The number of carbonyl (C=O) groups excluding carboxylic acids is 2. The molecule has 3 aromatic carbocycles. The van der Waals surface area contributed by atoms with Gasteiger partial charge in [-0.15, -0.1) is 0 Å². The average molecular weight is 399 g/mol. The molecule has 0 saturated carbocycles. The maximum absolute atomic E-state index is 12.8. The van der Waals surface area contributed by atoms with Crippen molar-refractivity contribution in [3.05, 3.63) is 105 Å². The first-order chi connectivity index (χ1) is 14.4. The lowest BCUT2D eigenvalue weighted by molar-refractivity contribution is 0.101. The van der Waals surface area contributed by atoms with Crippen molar-refractivity contribution in [3.8, 4) is 5.69 Å². The minimum absolute atomic E-state index is 0.0625. The van der Waals surface area contributed by atoms with Crippen molar-refractivity contribution >= 4 is 28.3 Å². The van der Waals surface area contributed by atoms with Crippen molar-refractivity contribution in [2.45, 2.75) is 6.92 Å². The molecule has 0 saturated heterocycles. The fourth-order valence-corrected chi connectivity index (χ4v) is 3.16. The van der Waals surface area contributed by atoms with Crippen molar-refractivity contribution in [3.63, 3.8) is 0 Å². The van der Waals surface area contributed by atoms with Gasteiger partial charge in [0.1, 0.15) is 0 Å². The van der Waals surface area contributed by atoms with Crippen LogP contribution in [0, 0.1) is 0 Å². The first kappa shape index (κ1) is 19.1. The quantitative estimate of drug-likeness (QED) is 0.515. The minimum atomic E-state index is -0.587. The second-order valence-corrected chi connectivity index (χ2v) is 6.75. The van der Waals surface area contributed by atoms with Gasteiger partial charge in [0.2, 0.25) is 0 Å². The van der Waals surface area contributed by atoms with E-state index in [1.54, 1.807) is 54.6 Å². The third kappa shape index (κ3) is 3.56. The second-order valence-electron chi connectivity index (χ2n) is 6.75. The number of Topliss-reactive ketones (excluding diaryl/α,β-unsaturated/α-hetero) is 1. The highest BCUT2D eigenvalue weighted by Crippen LogP contribution is 2.15. The molecule has 0 atom stereocenters. The number of para-hydroxylation sites is 1. The second kappa shape index (κ2) is 7.63. The Kier molecular flexibility index (Phi) is 4.85. The lowest BCUT2D eigenvalue weighted by Gasteiger charge is -2.09. The van der Waals surface area contributed by atoms with Gasteiger partial charge in [0, 0.05) is 16.8 Å². The summed E-state index contributed by atoms with van der Waals surface area (Å²) in [5, 5.41) is 3.02. The fraction of sp³-hybridized carbons (Fsp3) is 0.0435. The molecule has 0 unspecified atom stereocenters. The zero-order chi connectivity index (χ0) is 21.3. The molecule has 0 bridgehead atoms. The molecular formula is C23H17N3O4. The molecule has 7 nitrogen and oxygen atoms in total. The standard InChI is InChI=1S/C23H17N3O4/c1-14(27)15-7-10-17(11-8-15)24-21(28)16-9-12-19-20(13-16)25-23(30)26(22(19)29)18-5-3-2-4-6-18/h2-13H,1H3,(H,24,28)(H,25,30). The van der Waals surface area contributed by atoms with Gasteiger partial charge >= 0.3 is 5.69 Å². The summed E-state index contributed by atoms with van der Waals surface area (Å²) in [6.07, 6.45) is 0. The molecule has 2 N–H and O–H groups in total. The highest BCUT2D eigenvalue weighted by molar-refractivity contribution is 6.06. The lowest BCUT2D eigenvalue weighted by Crippen LogP contribution is -2.33. The van der Waals surface area contributed by atoms with Crippen LogP contribution in [0.3, 0.4) is 0 Å². The van der Waals surface area contributed by atoms with E-state index in [1.807, 2.05) is 0 Å². The third-order valence-electron chi connectivity index (χ3n) is 4.72. The van der Waals surface area contributed by atoms with Gasteiger partial charge in [-0.1, -0.05) is 18.2 Å². The van der Waals surface area contributed by atoms with Gasteiger partial charge in [-0.3, -0.25) is 14.4 Å². The summed E-state index contributed by atoms with van der Waals surface area (Å²) in [6.45, 7) is 1.47. The number of H-pyrrole nitrogens is 1. The summed E-state index contributed by atoms with van der Waals surface area (Å²) in [4.78, 5) is 51.9. The van der Waals surface area contributed by atoms with Gasteiger partial charge in [0.15, 0.2) is 5.78 Å². The van der Waals surface area contributed by atoms with E-state index in [0.29, 0.717) is 22.3 Å². The zero-order valence-electron chi connectivity index (χ0n) is 16.0. The summed E-state index contributed by atoms with van der Waals surface area (Å²) in [5.41, 5.74) is 1.04. The first-order valence-corrected chi connectivity index (χ1v) is 9.21. The molecule has 0 aliphatic carbocycles. The van der Waals surface area contributed by atoms with Gasteiger partial charge in [-0.05, 0) is 61.5 Å². The predicted octanol–water partition coefficient (Wildman–Crippen LogP) is 3.13. The van der Waals surface area contributed by atoms with E-state index in [1.165, 1.54) is 25.1 Å². The maximum Gasteiger partial charge on any atom is 0.333 e. The number of rotatable bonds is 4. The summed E-state index contributed by atoms with van der Waals surface area (Å²) in [6, 6.07) is 19.6. The summed E-state index contributed by atoms with van der Waals surface area (Å²) in [5.74, 6) is -0.465. The van der Waals surface area contributed by atoms with E-state index in [0.717, 1.165) is 4.57 Å². The van der Waals surface area contributed by atoms with E-state index < -0.39 is 17.2 Å². The van der Waals surface area contributed by atoms with Crippen LogP contribution >= 0.6 is 0 Å². The van der Waals surface area contributed by atoms with Crippen molar-refractivity contribution in [1.29, 1.82) is 0 Å². The number of amides is 1. The topological polar surface area (TPSA) is 101 Å². The van der Waals surface area contributed by atoms with Crippen molar-refractivity contribution in [2.75, 3.05) is 5.32 Å². The number of aromatic nitrogens is 2. The highest BCUT2D eigenvalue weighted by atomic mass is 16.2. The SMILES string of the molecule is CC(=O)c1ccc(NC(=O)c2ccc3c(=O)n(-c4ccccc4)c(=O)[nH]c3c2)cc1. The van der Waals surface area contributed by atoms with Gasteiger partial charge in [0.05, 0.1) is 16.6 Å². The summed E-state index contributed by atoms with van der Waals surface area (Å²) >= 11 is 0. The number of anilines is 1. The van der Waals surface area contributed by atoms with Gasteiger partial charge in [-0.2, -0.15) is 0 Å². The summed E-state index contributed by atoms with van der Waals surface area (Å²) < 4.78 is 1.05. The van der Waals surface area contributed by atoms with Crippen LogP contribution in [-0.4, -0.2) is 21.2 Å². The van der Waals surface area contributed by atoms with Crippen LogP contribution in [0.5, 0.6) is 0 Å². The monoisotopic (exact) mass is 399 g/mol.